The van der Waals surface area contributed by atoms with Gasteiger partial charge in [0.05, 0.1) is 22.4 Å². The van der Waals surface area contributed by atoms with E-state index in [1.807, 2.05) is 24.3 Å². The van der Waals surface area contributed by atoms with Gasteiger partial charge in [0.25, 0.3) is 10.1 Å². The van der Waals surface area contributed by atoms with Crippen LogP contribution in [0.5, 0.6) is 5.75 Å². The van der Waals surface area contributed by atoms with Crippen LogP contribution in [0.15, 0.2) is 98.1 Å². The summed E-state index contributed by atoms with van der Waals surface area (Å²) in [7, 11) is -4.73. The van der Waals surface area contributed by atoms with Gasteiger partial charge in [-0.05, 0) is 48.2 Å². The molecule has 0 spiro atoms. The number of aromatic hydroxyl groups is 1. The highest BCUT2D eigenvalue weighted by Crippen LogP contribution is 2.46. The lowest BCUT2D eigenvalue weighted by Gasteiger charge is -2.12. The van der Waals surface area contributed by atoms with Gasteiger partial charge in [-0.25, -0.2) is 0 Å². The van der Waals surface area contributed by atoms with Gasteiger partial charge in [0, 0.05) is 0 Å². The number of anilines is 1. The molecule has 0 aliphatic rings. The molecule has 0 aromatic heterocycles. The van der Waals surface area contributed by atoms with Gasteiger partial charge in [-0.2, -0.15) is 18.6 Å². The van der Waals surface area contributed by atoms with Gasteiger partial charge in [-0.1, -0.05) is 42.5 Å². The molecule has 4 aromatic rings. The van der Waals surface area contributed by atoms with E-state index in [1.54, 1.807) is 37.3 Å². The van der Waals surface area contributed by atoms with Crippen LogP contribution >= 0.6 is 0 Å². The number of fused-ring (bicyclic) bond motifs is 1. The quantitative estimate of drug-likeness (QED) is 0.176. The highest BCUT2D eigenvalue weighted by Gasteiger charge is 2.24. The first-order valence-electron chi connectivity index (χ1n) is 9.75. The molecule has 0 aliphatic carbocycles. The highest BCUT2D eigenvalue weighted by atomic mass is 32.2. The Labute approximate surface area is 189 Å². The molecule has 0 bridgehead atoms. The third kappa shape index (κ3) is 4.56. The lowest BCUT2D eigenvalue weighted by atomic mass is 10.1. The Morgan fingerprint density at radius 3 is 2.18 bits per heavy atom. The number of nitrogens with zero attached hydrogens (tertiary/aromatic N) is 4. The number of hydrogen-bond acceptors (Lipinski definition) is 8. The summed E-state index contributed by atoms with van der Waals surface area (Å²) in [6.45, 7) is 1.81. The minimum absolute atomic E-state index is 0.0684. The third-order valence-corrected chi connectivity index (χ3v) is 5.78. The Morgan fingerprint density at radius 2 is 1.48 bits per heavy atom. The molecule has 0 unspecified atom stereocenters. The number of azo groups is 2. The van der Waals surface area contributed by atoms with E-state index in [9.17, 15) is 18.1 Å². The minimum Gasteiger partial charge on any atom is -0.505 e. The van der Waals surface area contributed by atoms with Crippen molar-refractivity contribution in [2.24, 2.45) is 20.5 Å². The van der Waals surface area contributed by atoms with Crippen LogP contribution in [0.2, 0.25) is 0 Å². The van der Waals surface area contributed by atoms with Crippen LogP contribution in [-0.4, -0.2) is 18.1 Å². The summed E-state index contributed by atoms with van der Waals surface area (Å²) in [5, 5.41) is 27.6. The fourth-order valence-electron chi connectivity index (χ4n) is 3.22. The van der Waals surface area contributed by atoms with Gasteiger partial charge in [0.15, 0.2) is 5.75 Å². The van der Waals surface area contributed by atoms with E-state index in [0.717, 1.165) is 5.56 Å². The van der Waals surface area contributed by atoms with Crippen LogP contribution in [0.1, 0.15) is 5.56 Å². The molecule has 4 N–H and O–H groups in total. The van der Waals surface area contributed by atoms with E-state index in [-0.39, 0.29) is 22.1 Å². The summed E-state index contributed by atoms with van der Waals surface area (Å²) in [4.78, 5) is -0.595. The number of benzene rings is 4. The molecule has 0 saturated heterocycles. The molecule has 0 heterocycles. The molecule has 9 nitrogen and oxygen atoms in total. The van der Waals surface area contributed by atoms with E-state index in [1.165, 1.54) is 18.2 Å². The highest BCUT2D eigenvalue weighted by molar-refractivity contribution is 7.86. The molecule has 4 aromatic carbocycles. The van der Waals surface area contributed by atoms with Gasteiger partial charge < -0.3 is 10.8 Å². The molecule has 0 saturated carbocycles. The SMILES string of the molecule is Cc1ccccc1N=Nc1c(S(=O)(=O)O)cc2ccc(N=Nc3ccccc3)c(N)c2c1O. The summed E-state index contributed by atoms with van der Waals surface area (Å²) >= 11 is 0. The van der Waals surface area contributed by atoms with Crippen molar-refractivity contribution in [3.63, 3.8) is 0 Å². The van der Waals surface area contributed by atoms with Crippen LogP contribution in [0, 0.1) is 6.92 Å². The Morgan fingerprint density at radius 1 is 0.818 bits per heavy atom. The molecule has 0 atom stereocenters. The van der Waals surface area contributed by atoms with Gasteiger partial charge in [-0.15, -0.1) is 10.2 Å². The Kier molecular flexibility index (Phi) is 5.86. The predicted molar refractivity (Wildman–Crippen MR) is 126 cm³/mol. The van der Waals surface area contributed by atoms with Gasteiger partial charge in [0.2, 0.25) is 0 Å². The molecule has 33 heavy (non-hydrogen) atoms. The van der Waals surface area contributed by atoms with Crippen LogP contribution < -0.4 is 5.73 Å². The number of phenols is 1. The zero-order chi connectivity index (χ0) is 23.6. The van der Waals surface area contributed by atoms with E-state index in [0.29, 0.717) is 11.4 Å². The predicted octanol–water partition coefficient (Wildman–Crippen LogP) is 6.51. The normalized spacial score (nSPS) is 12.2. The fourth-order valence-corrected chi connectivity index (χ4v) is 3.88. The lowest BCUT2D eigenvalue weighted by molar-refractivity contribution is 0.472. The molecular formula is C23H19N5O4S. The second kappa shape index (κ2) is 8.77. The molecule has 166 valence electrons. The second-order valence-electron chi connectivity index (χ2n) is 7.17. The number of aryl methyl sites for hydroxylation is 1. The van der Waals surface area contributed by atoms with Crippen molar-refractivity contribution in [2.45, 2.75) is 11.8 Å². The summed E-state index contributed by atoms with van der Waals surface area (Å²) in [6, 6.07) is 20.3. The van der Waals surface area contributed by atoms with Gasteiger partial charge in [0.1, 0.15) is 16.3 Å². The van der Waals surface area contributed by atoms with Crippen LogP contribution in [0.3, 0.4) is 0 Å². The Balaban J connectivity index is 1.90. The number of nitrogen functional groups attached to an aromatic ring is 1. The molecule has 4 rings (SSSR count). The molecule has 0 aliphatic heterocycles. The fraction of sp³-hybridized carbons (Fsp3) is 0.0435. The van der Waals surface area contributed by atoms with Crippen molar-refractivity contribution >= 4 is 49.3 Å². The van der Waals surface area contributed by atoms with Crippen molar-refractivity contribution in [3.8, 4) is 5.75 Å². The van der Waals surface area contributed by atoms with E-state index in [2.05, 4.69) is 20.5 Å². The topological polar surface area (TPSA) is 150 Å². The molecule has 0 amide bonds. The zero-order valence-corrected chi connectivity index (χ0v) is 18.2. The van der Waals surface area contributed by atoms with Crippen molar-refractivity contribution < 1.29 is 18.1 Å². The first kappa shape index (κ1) is 22.1. The van der Waals surface area contributed by atoms with E-state index < -0.39 is 26.5 Å². The van der Waals surface area contributed by atoms with Crippen molar-refractivity contribution in [1.29, 1.82) is 0 Å². The smallest absolute Gasteiger partial charge is 0.296 e. The van der Waals surface area contributed by atoms with Crippen molar-refractivity contribution in [3.05, 3.63) is 78.4 Å². The first-order chi connectivity index (χ1) is 15.8. The number of phenolic OH excluding ortho intramolecular Hbond substituents is 1. The van der Waals surface area contributed by atoms with E-state index >= 15 is 0 Å². The molecule has 10 heteroatoms. The average molecular weight is 462 g/mol. The molecule has 0 radical (unpaired) electrons. The monoisotopic (exact) mass is 461 g/mol. The number of nitrogens with two attached hydrogens (primary N) is 1. The van der Waals surface area contributed by atoms with E-state index in [4.69, 9.17) is 5.73 Å². The lowest BCUT2D eigenvalue weighted by Crippen LogP contribution is -2.00. The standard InChI is InChI=1S/C23H19N5O4S/c1-14-7-5-6-10-17(14)26-28-22-19(33(30,31)32)13-15-11-12-18(21(24)20(15)23(22)29)27-25-16-8-3-2-4-9-16/h2-13,29H,24H2,1H3,(H,30,31,32). The largest absolute Gasteiger partial charge is 0.505 e. The maximum atomic E-state index is 12.0. The Bertz CT molecular complexity index is 1520. The van der Waals surface area contributed by atoms with Gasteiger partial charge >= 0.3 is 0 Å². The zero-order valence-electron chi connectivity index (χ0n) is 17.4. The van der Waals surface area contributed by atoms with Crippen LogP contribution in [-0.2, 0) is 10.1 Å². The van der Waals surface area contributed by atoms with Gasteiger partial charge in [-0.3, -0.25) is 4.55 Å². The summed E-state index contributed by atoms with van der Waals surface area (Å²) in [6.07, 6.45) is 0. The van der Waals surface area contributed by atoms with Crippen LogP contribution in [0.25, 0.3) is 10.8 Å². The summed E-state index contributed by atoms with van der Waals surface area (Å²) < 4.78 is 33.8. The average Bonchev–Trinajstić information content (AvgIpc) is 2.78. The maximum absolute atomic E-state index is 12.0. The maximum Gasteiger partial charge on any atom is 0.296 e. The molecular weight excluding hydrogens is 442 g/mol. The second-order valence-corrected chi connectivity index (χ2v) is 8.56. The Hall–Kier alpha value is -4.15. The summed E-state index contributed by atoms with van der Waals surface area (Å²) in [5.41, 5.74) is 8.01. The van der Waals surface area contributed by atoms with Crippen LogP contribution in [0.4, 0.5) is 28.4 Å². The molecule has 0 fully saturated rings. The third-order valence-electron chi connectivity index (χ3n) is 4.92. The number of hydrogen-bond donors (Lipinski definition) is 3. The first-order valence-corrected chi connectivity index (χ1v) is 11.2. The van der Waals surface area contributed by atoms with Crippen molar-refractivity contribution in [1.82, 2.24) is 0 Å². The minimum atomic E-state index is -4.73. The van der Waals surface area contributed by atoms with Crippen molar-refractivity contribution in [2.75, 3.05) is 5.73 Å². The summed E-state index contributed by atoms with van der Waals surface area (Å²) in [5.74, 6) is -0.549. The number of rotatable bonds is 5.